The van der Waals surface area contributed by atoms with Crippen molar-refractivity contribution in [2.75, 3.05) is 13.2 Å². The second-order valence-electron chi connectivity index (χ2n) is 12.8. The van der Waals surface area contributed by atoms with E-state index < -0.39 is 66.5 Å². The highest BCUT2D eigenvalue weighted by Crippen LogP contribution is 2.44. The number of rotatable bonds is 15. The number of benzene rings is 3. The first-order chi connectivity index (χ1) is 24.5. The third-order valence-corrected chi connectivity index (χ3v) is 9.32. The van der Waals surface area contributed by atoms with Gasteiger partial charge >= 0.3 is 12.1 Å². The number of aliphatic carboxylic acids is 1. The Morgan fingerprint density at radius 2 is 1.41 bits per heavy atom. The molecule has 0 spiro atoms. The molecule has 5 rings (SSSR count). The van der Waals surface area contributed by atoms with Gasteiger partial charge in [-0.3, -0.25) is 19.2 Å². The number of nitrogens with one attached hydrogen (secondary N) is 5. The molecular weight excluding hydrogens is 654 g/mol. The second-order valence-corrected chi connectivity index (χ2v) is 12.8. The molecular formula is C38H43N5O8. The third-order valence-electron chi connectivity index (χ3n) is 9.32. The number of carbonyl (C=O) groups is 5. The van der Waals surface area contributed by atoms with Gasteiger partial charge in [0.2, 0.25) is 17.7 Å². The quantitative estimate of drug-likeness (QED) is 0.0982. The van der Waals surface area contributed by atoms with E-state index in [2.05, 4.69) is 26.3 Å². The molecule has 0 aliphatic heterocycles. The van der Waals surface area contributed by atoms with Crippen molar-refractivity contribution in [2.45, 2.75) is 63.8 Å². The van der Waals surface area contributed by atoms with Crippen molar-refractivity contribution >= 4 is 40.7 Å². The predicted octanol–water partition coefficient (Wildman–Crippen LogP) is 3.22. The molecule has 51 heavy (non-hydrogen) atoms. The summed E-state index contributed by atoms with van der Waals surface area (Å²) in [6.45, 7) is 4.18. The van der Waals surface area contributed by atoms with Crippen molar-refractivity contribution in [2.24, 2.45) is 5.92 Å². The zero-order valence-corrected chi connectivity index (χ0v) is 28.6. The van der Waals surface area contributed by atoms with Crippen LogP contribution < -0.4 is 21.3 Å². The van der Waals surface area contributed by atoms with E-state index in [0.717, 1.165) is 38.7 Å². The van der Waals surface area contributed by atoms with Gasteiger partial charge in [-0.15, -0.1) is 0 Å². The van der Waals surface area contributed by atoms with Gasteiger partial charge in [0.05, 0.1) is 6.10 Å². The third kappa shape index (κ3) is 8.55. The molecule has 268 valence electrons. The van der Waals surface area contributed by atoms with Gasteiger partial charge in [-0.2, -0.15) is 0 Å². The van der Waals surface area contributed by atoms with E-state index in [4.69, 9.17) is 9.84 Å². The fourth-order valence-corrected chi connectivity index (χ4v) is 6.39. The largest absolute Gasteiger partial charge is 0.480 e. The molecule has 0 fully saturated rings. The lowest BCUT2D eigenvalue weighted by molar-refractivity contribution is -0.139. The second kappa shape index (κ2) is 16.3. The Bertz CT molecular complexity index is 1860. The van der Waals surface area contributed by atoms with Gasteiger partial charge in [-0.25, -0.2) is 4.79 Å². The maximum absolute atomic E-state index is 13.9. The molecule has 1 aliphatic rings. The summed E-state index contributed by atoms with van der Waals surface area (Å²) in [6, 6.07) is 19.4. The van der Waals surface area contributed by atoms with Gasteiger partial charge in [0.1, 0.15) is 31.3 Å². The number of aromatic nitrogens is 1. The number of aliphatic hydroxyl groups is 1. The molecule has 0 bridgehead atoms. The number of carboxylic acids is 1. The Hall–Kier alpha value is -5.69. The summed E-state index contributed by atoms with van der Waals surface area (Å²) in [5, 5.41) is 30.5. The number of fused-ring (bicyclic) bond motifs is 4. The summed E-state index contributed by atoms with van der Waals surface area (Å²) in [5.74, 6) is -4.22. The molecule has 7 N–H and O–H groups in total. The molecule has 13 nitrogen and oxygen atoms in total. The van der Waals surface area contributed by atoms with Crippen LogP contribution >= 0.6 is 0 Å². The van der Waals surface area contributed by atoms with Crippen LogP contribution in [0, 0.1) is 5.92 Å². The first-order valence-electron chi connectivity index (χ1n) is 16.9. The van der Waals surface area contributed by atoms with Crippen LogP contribution in [-0.4, -0.2) is 82.4 Å². The number of ether oxygens (including phenoxy) is 1. The summed E-state index contributed by atoms with van der Waals surface area (Å²) < 4.78 is 5.73. The van der Waals surface area contributed by atoms with E-state index in [1.54, 1.807) is 20.0 Å². The molecule has 4 amide bonds. The number of hydrogen-bond donors (Lipinski definition) is 7. The van der Waals surface area contributed by atoms with Crippen molar-refractivity contribution in [3.63, 3.8) is 0 Å². The average molecular weight is 698 g/mol. The first-order valence-corrected chi connectivity index (χ1v) is 16.9. The van der Waals surface area contributed by atoms with Crippen LogP contribution in [0.5, 0.6) is 0 Å². The molecule has 1 aliphatic carbocycles. The van der Waals surface area contributed by atoms with E-state index in [9.17, 15) is 29.1 Å². The molecule has 0 radical (unpaired) electrons. The molecule has 0 unspecified atom stereocenters. The highest BCUT2D eigenvalue weighted by Gasteiger charge is 2.35. The van der Waals surface area contributed by atoms with Crippen molar-refractivity contribution in [3.05, 3.63) is 95.7 Å². The summed E-state index contributed by atoms with van der Waals surface area (Å²) in [5.41, 5.74) is 5.73. The molecule has 0 saturated heterocycles. The fourth-order valence-electron chi connectivity index (χ4n) is 6.39. The van der Waals surface area contributed by atoms with Gasteiger partial charge in [-0.1, -0.05) is 87.0 Å². The van der Waals surface area contributed by atoms with Gasteiger partial charge in [0, 0.05) is 29.4 Å². The van der Waals surface area contributed by atoms with Crippen LogP contribution in [0.1, 0.15) is 49.8 Å². The topological polar surface area (TPSA) is 199 Å². The summed E-state index contributed by atoms with van der Waals surface area (Å²) >= 11 is 0. The minimum Gasteiger partial charge on any atom is -0.480 e. The van der Waals surface area contributed by atoms with Crippen molar-refractivity contribution in [1.29, 1.82) is 0 Å². The Balaban J connectivity index is 1.33. The monoisotopic (exact) mass is 697 g/mol. The van der Waals surface area contributed by atoms with Gasteiger partial charge < -0.3 is 41.2 Å². The summed E-state index contributed by atoms with van der Waals surface area (Å²) in [6.07, 6.45) is -0.0381. The van der Waals surface area contributed by atoms with E-state index in [0.29, 0.717) is 6.42 Å². The first kappa shape index (κ1) is 36.6. The van der Waals surface area contributed by atoms with E-state index in [-0.39, 0.29) is 18.9 Å². The van der Waals surface area contributed by atoms with Crippen molar-refractivity contribution < 1.29 is 38.9 Å². The Labute approximate surface area is 295 Å². The Morgan fingerprint density at radius 3 is 2.04 bits per heavy atom. The van der Waals surface area contributed by atoms with E-state index >= 15 is 0 Å². The van der Waals surface area contributed by atoms with Crippen molar-refractivity contribution in [3.8, 4) is 11.1 Å². The predicted molar refractivity (Wildman–Crippen MR) is 190 cm³/mol. The van der Waals surface area contributed by atoms with Crippen molar-refractivity contribution in [1.82, 2.24) is 26.3 Å². The molecule has 3 aromatic carbocycles. The molecule has 4 aromatic rings. The van der Waals surface area contributed by atoms with E-state index in [1.807, 2.05) is 72.8 Å². The number of carbonyl (C=O) groups excluding carboxylic acids is 4. The minimum absolute atomic E-state index is 0.0148. The lowest BCUT2D eigenvalue weighted by Gasteiger charge is -2.28. The molecule has 0 saturated carbocycles. The van der Waals surface area contributed by atoms with Crippen LogP contribution in [0.2, 0.25) is 0 Å². The highest BCUT2D eigenvalue weighted by atomic mass is 16.5. The highest BCUT2D eigenvalue weighted by molar-refractivity contribution is 5.95. The van der Waals surface area contributed by atoms with Gasteiger partial charge in [0.25, 0.3) is 0 Å². The molecule has 5 atom stereocenters. The molecule has 13 heteroatoms. The summed E-state index contributed by atoms with van der Waals surface area (Å²) in [4.78, 5) is 67.7. The van der Waals surface area contributed by atoms with Crippen LogP contribution in [0.25, 0.3) is 22.0 Å². The SMILES string of the molecule is CC[C@H](C)[C@H](NC(=O)[C@@H](NC(=O)[C@H](Cc1c[nH]c2ccccc12)NC(=O)OCC1c2ccccc2-c2ccccc21)[C@@H](C)O)C(=O)NCC(=O)O. The maximum Gasteiger partial charge on any atom is 0.407 e. The number of aliphatic hydroxyl groups excluding tert-OH is 1. The zero-order chi connectivity index (χ0) is 36.7. The normalized spacial score (nSPS) is 15.0. The van der Waals surface area contributed by atoms with E-state index in [1.165, 1.54) is 6.92 Å². The summed E-state index contributed by atoms with van der Waals surface area (Å²) in [7, 11) is 0. The number of hydrogen-bond acceptors (Lipinski definition) is 7. The van der Waals surface area contributed by atoms with Crippen LogP contribution in [0.15, 0.2) is 79.0 Å². The number of amides is 4. The minimum atomic E-state index is -1.52. The number of alkyl carbamates (subject to hydrolysis) is 1. The lowest BCUT2D eigenvalue weighted by Crippen LogP contribution is -2.61. The standard InChI is InChI=1S/C38H43N5O8/c1-4-21(2)33(36(48)40-19-32(45)46)42-37(49)34(22(3)44)43-35(47)31(17-23-18-39-30-16-10-9-11-24(23)30)41-38(50)51-20-29-27-14-7-5-12-25(27)26-13-6-8-15-28(26)29/h5-16,18,21-22,29,31,33-34,39,44H,4,17,19-20H2,1-3H3,(H,40,48)(H,41,50)(H,42,49)(H,43,47)(H,45,46)/t21-,22+,31-,33-,34-/m0/s1. The molecule has 1 heterocycles. The number of H-pyrrole nitrogens is 1. The van der Waals surface area contributed by atoms with Gasteiger partial charge in [0.15, 0.2) is 0 Å². The number of carboxylic acid groups (broad SMARTS) is 1. The smallest absolute Gasteiger partial charge is 0.407 e. The molecule has 1 aromatic heterocycles. The lowest BCUT2D eigenvalue weighted by atomic mass is 9.97. The van der Waals surface area contributed by atoms with Crippen LogP contribution in [0.4, 0.5) is 4.79 Å². The van der Waals surface area contributed by atoms with Gasteiger partial charge in [-0.05, 0) is 46.7 Å². The van der Waals surface area contributed by atoms with Crippen LogP contribution in [0.3, 0.4) is 0 Å². The average Bonchev–Trinajstić information content (AvgIpc) is 3.68. The fraction of sp³-hybridized carbons (Fsp3) is 0.342. The van der Waals surface area contributed by atoms with Crippen LogP contribution in [-0.2, 0) is 30.3 Å². The Kier molecular flexibility index (Phi) is 11.7. The maximum atomic E-state index is 13.9. The zero-order valence-electron chi connectivity index (χ0n) is 28.6. The number of para-hydroxylation sites is 1. The Morgan fingerprint density at radius 1 is 0.804 bits per heavy atom. The number of aromatic amines is 1.